The molecule has 1 heterocycles. The maximum Gasteiger partial charge on any atom is 0.0892 e. The summed E-state index contributed by atoms with van der Waals surface area (Å²) in [6.07, 6.45) is 4.63. The molecule has 0 spiro atoms. The molecule has 0 saturated heterocycles. The molecule has 0 aliphatic heterocycles. The molecule has 0 fully saturated rings. The van der Waals surface area contributed by atoms with Crippen LogP contribution in [0.25, 0.3) is 11.1 Å². The van der Waals surface area contributed by atoms with Gasteiger partial charge in [-0.25, -0.2) is 0 Å². The summed E-state index contributed by atoms with van der Waals surface area (Å²) in [6.45, 7) is 4.27. The van der Waals surface area contributed by atoms with E-state index in [0.717, 1.165) is 0 Å². The molecule has 69 valence electrons. The molecule has 1 radical (unpaired) electrons. The second-order valence-corrected chi connectivity index (χ2v) is 3.42. The second-order valence-electron chi connectivity index (χ2n) is 3.42. The van der Waals surface area contributed by atoms with Gasteiger partial charge in [0.1, 0.15) is 0 Å². The van der Waals surface area contributed by atoms with Crippen molar-refractivity contribution in [2.75, 3.05) is 0 Å². The minimum Gasteiger partial charge on any atom is -0.255 e. The Morgan fingerprint density at radius 2 is 2.00 bits per heavy atom. The summed E-state index contributed by atoms with van der Waals surface area (Å²) < 4.78 is 0. The number of pyridine rings is 1. The molecular formula is C13H12N. The smallest absolute Gasteiger partial charge is 0.0892 e. The van der Waals surface area contributed by atoms with Gasteiger partial charge in [0.2, 0.25) is 0 Å². The molecule has 1 aromatic carbocycles. The largest absolute Gasteiger partial charge is 0.255 e. The van der Waals surface area contributed by atoms with Crippen molar-refractivity contribution in [1.82, 2.24) is 4.98 Å². The number of benzene rings is 1. The first-order chi connectivity index (χ1) is 6.79. The molecule has 0 amide bonds. The zero-order valence-electron chi connectivity index (χ0n) is 8.41. The summed E-state index contributed by atoms with van der Waals surface area (Å²) >= 11 is 0. The molecule has 0 aliphatic rings. The van der Waals surface area contributed by atoms with Crippen LogP contribution in [0.4, 0.5) is 0 Å². The van der Waals surface area contributed by atoms with E-state index in [4.69, 9.17) is 0 Å². The number of nitrogens with zero attached hydrogens (tertiary/aromatic N) is 1. The van der Waals surface area contributed by atoms with E-state index in [-0.39, 0.29) is 0 Å². The Bertz CT molecular complexity index is 432. The van der Waals surface area contributed by atoms with Gasteiger partial charge in [0.25, 0.3) is 0 Å². The van der Waals surface area contributed by atoms with Crippen LogP contribution >= 0.6 is 0 Å². The topological polar surface area (TPSA) is 12.9 Å². The first-order valence-electron chi connectivity index (χ1n) is 4.68. The van der Waals surface area contributed by atoms with Crippen molar-refractivity contribution >= 4 is 0 Å². The fourth-order valence-electron chi connectivity index (χ4n) is 1.55. The summed E-state index contributed by atoms with van der Waals surface area (Å²) in [6, 6.07) is 10.3. The Kier molecular flexibility index (Phi) is 2.32. The van der Waals surface area contributed by atoms with Crippen molar-refractivity contribution in [3.05, 3.63) is 53.9 Å². The Morgan fingerprint density at radius 3 is 2.71 bits per heavy atom. The van der Waals surface area contributed by atoms with Gasteiger partial charge >= 0.3 is 0 Å². The van der Waals surface area contributed by atoms with Crippen LogP contribution in [-0.2, 0) is 0 Å². The minimum atomic E-state index is 1.18. The predicted molar refractivity (Wildman–Crippen MR) is 58.0 cm³/mol. The third-order valence-corrected chi connectivity index (χ3v) is 2.54. The van der Waals surface area contributed by atoms with Gasteiger partial charge in [-0.1, -0.05) is 18.2 Å². The van der Waals surface area contributed by atoms with Crippen LogP contribution in [-0.4, -0.2) is 4.98 Å². The first-order valence-corrected chi connectivity index (χ1v) is 4.68. The molecule has 0 N–H and O–H groups in total. The average molecular weight is 182 g/mol. The van der Waals surface area contributed by atoms with Crippen molar-refractivity contribution < 1.29 is 0 Å². The maximum absolute atomic E-state index is 3.90. The highest BCUT2D eigenvalue weighted by atomic mass is 14.6. The summed E-state index contributed by atoms with van der Waals surface area (Å²) in [7, 11) is 0. The van der Waals surface area contributed by atoms with Gasteiger partial charge in [0, 0.05) is 6.20 Å². The molecule has 0 unspecified atom stereocenters. The lowest BCUT2D eigenvalue weighted by molar-refractivity contribution is 1.29. The zero-order valence-corrected chi connectivity index (χ0v) is 8.41. The normalized spacial score (nSPS) is 10.1. The Morgan fingerprint density at radius 1 is 1.14 bits per heavy atom. The Labute approximate surface area is 84.4 Å². The zero-order chi connectivity index (χ0) is 9.97. The Hall–Kier alpha value is -1.63. The van der Waals surface area contributed by atoms with Crippen LogP contribution in [0.3, 0.4) is 0 Å². The van der Waals surface area contributed by atoms with Crippen molar-refractivity contribution in [2.24, 2.45) is 0 Å². The van der Waals surface area contributed by atoms with Crippen molar-refractivity contribution in [3.63, 3.8) is 0 Å². The van der Waals surface area contributed by atoms with Gasteiger partial charge in [-0.05, 0) is 48.2 Å². The van der Waals surface area contributed by atoms with E-state index in [9.17, 15) is 0 Å². The minimum absolute atomic E-state index is 1.18. The fourth-order valence-corrected chi connectivity index (χ4v) is 1.55. The number of aryl methyl sites for hydroxylation is 1. The molecule has 1 aromatic heterocycles. The third-order valence-electron chi connectivity index (χ3n) is 2.54. The highest BCUT2D eigenvalue weighted by Crippen LogP contribution is 2.24. The monoisotopic (exact) mass is 182 g/mol. The first kappa shape index (κ1) is 8.95. The number of aromatic nitrogens is 1. The van der Waals surface area contributed by atoms with Gasteiger partial charge in [-0.3, -0.25) is 4.98 Å². The highest BCUT2D eigenvalue weighted by Gasteiger charge is 2.02. The number of hydrogen-bond donors (Lipinski definition) is 0. The standard InChI is InChI=1S/C13H12N/c1-10-4-3-5-13(11(10)2)12-6-8-14-9-7-12/h3-8H,1-2H3. The van der Waals surface area contributed by atoms with Gasteiger partial charge in [0.05, 0.1) is 6.20 Å². The third kappa shape index (κ3) is 1.53. The number of hydrogen-bond acceptors (Lipinski definition) is 1. The lowest BCUT2D eigenvalue weighted by Crippen LogP contribution is -1.86. The lowest BCUT2D eigenvalue weighted by Gasteiger charge is -2.07. The van der Waals surface area contributed by atoms with E-state index in [2.05, 4.69) is 43.2 Å². The molecule has 1 nitrogen and oxygen atoms in total. The predicted octanol–water partition coefficient (Wildman–Crippen LogP) is 3.17. The van der Waals surface area contributed by atoms with E-state index in [1.165, 1.54) is 22.3 Å². The molecule has 1 heteroatoms. The maximum atomic E-state index is 3.90. The highest BCUT2D eigenvalue weighted by molar-refractivity contribution is 5.67. The van der Waals surface area contributed by atoms with Gasteiger partial charge in [-0.15, -0.1) is 0 Å². The van der Waals surface area contributed by atoms with E-state index >= 15 is 0 Å². The summed E-state index contributed by atoms with van der Waals surface area (Å²) in [5.41, 5.74) is 5.09. The van der Waals surface area contributed by atoms with Crippen molar-refractivity contribution in [2.45, 2.75) is 13.8 Å². The molecular weight excluding hydrogens is 170 g/mol. The van der Waals surface area contributed by atoms with Crippen molar-refractivity contribution in [1.29, 1.82) is 0 Å². The van der Waals surface area contributed by atoms with Crippen LogP contribution in [0, 0.1) is 20.0 Å². The second kappa shape index (κ2) is 3.62. The quantitative estimate of drug-likeness (QED) is 0.660. The van der Waals surface area contributed by atoms with Crippen molar-refractivity contribution in [3.8, 4) is 11.1 Å². The molecule has 2 aromatic rings. The molecule has 0 bridgehead atoms. The Balaban J connectivity index is 2.58. The fraction of sp³-hybridized carbons (Fsp3) is 0.154. The summed E-state index contributed by atoms with van der Waals surface area (Å²) in [5.74, 6) is 0. The van der Waals surface area contributed by atoms with Crippen LogP contribution in [0.2, 0.25) is 0 Å². The van der Waals surface area contributed by atoms with E-state index in [1.54, 1.807) is 6.20 Å². The molecule has 2 rings (SSSR count). The molecule has 0 aliphatic carbocycles. The van der Waals surface area contributed by atoms with Gasteiger partial charge < -0.3 is 0 Å². The average Bonchev–Trinajstić information content (AvgIpc) is 2.23. The van der Waals surface area contributed by atoms with E-state index in [0.29, 0.717) is 0 Å². The van der Waals surface area contributed by atoms with E-state index < -0.39 is 0 Å². The van der Waals surface area contributed by atoms with Crippen LogP contribution in [0.5, 0.6) is 0 Å². The van der Waals surface area contributed by atoms with Crippen LogP contribution in [0.15, 0.2) is 36.5 Å². The summed E-state index contributed by atoms with van der Waals surface area (Å²) in [4.78, 5) is 3.90. The lowest BCUT2D eigenvalue weighted by atomic mass is 9.98. The van der Waals surface area contributed by atoms with Crippen LogP contribution in [0.1, 0.15) is 11.1 Å². The van der Waals surface area contributed by atoms with Gasteiger partial charge in [-0.2, -0.15) is 0 Å². The molecule has 0 saturated carbocycles. The SMILES string of the molecule is Cc1cccc(-c2c[c]ncc2)c1C. The number of rotatable bonds is 1. The molecule has 0 atom stereocenters. The molecule has 14 heavy (non-hydrogen) atoms. The summed E-state index contributed by atoms with van der Waals surface area (Å²) in [5, 5.41) is 0. The van der Waals surface area contributed by atoms with E-state index in [1.807, 2.05) is 12.1 Å². The van der Waals surface area contributed by atoms with Crippen LogP contribution < -0.4 is 0 Å². The van der Waals surface area contributed by atoms with Gasteiger partial charge in [0.15, 0.2) is 0 Å².